The van der Waals surface area contributed by atoms with Crippen LogP contribution >= 0.6 is 0 Å². The monoisotopic (exact) mass is 859 g/mol. The number of hydrogen-bond donors (Lipinski definition) is 0. The highest BCUT2D eigenvalue weighted by Gasteiger charge is 2.46. The number of fused-ring (bicyclic) bond motifs is 13. The molecule has 0 bridgehead atoms. The Kier molecular flexibility index (Phi) is 7.48. The van der Waals surface area contributed by atoms with Gasteiger partial charge in [-0.2, -0.15) is 5.26 Å². The summed E-state index contributed by atoms with van der Waals surface area (Å²) in [6.45, 7) is 13.7. The standard InChI is InChI=1S/C61H46BN5/c1-60(2,3)38-24-28-50-44(32-38)45-33-39(61(4,5)6)25-29-51(45)64(50)40-26-27-46-54(34-40)65(48-21-11-15-37-14-7-8-16-41(37)48)55-30-36(35-63)31-56-57(55)62(46)47-19-13-23-53-59(47)67(56)52-22-12-18-43-42-17-9-10-20-49(42)66(53)58(43)52/h7-34H,1-6H3. The van der Waals surface area contributed by atoms with Crippen molar-refractivity contribution in [3.8, 4) is 17.4 Å². The van der Waals surface area contributed by atoms with Crippen LogP contribution in [-0.2, 0) is 10.8 Å². The summed E-state index contributed by atoms with van der Waals surface area (Å²) >= 11 is 0. The average Bonchev–Trinajstić information content (AvgIpc) is 3.85. The SMILES string of the molecule is CC(C)(C)c1ccc2c(c1)c1cc(C(C)(C)C)ccc1n2-c1ccc2c(c1)N(c1cccc3ccccc13)c1cc(C#N)cc3c1B2c1cccc2c1N3c1cccc3c4ccccc4n-2c13. The van der Waals surface area contributed by atoms with E-state index in [1.807, 2.05) is 0 Å². The van der Waals surface area contributed by atoms with Gasteiger partial charge in [-0.3, -0.25) is 0 Å². The van der Waals surface area contributed by atoms with Crippen molar-refractivity contribution in [1.29, 1.82) is 5.26 Å². The molecule has 6 heteroatoms. The minimum atomic E-state index is -0.108. The van der Waals surface area contributed by atoms with Crippen LogP contribution in [0.5, 0.6) is 0 Å². The molecular weight excluding hydrogens is 814 g/mol. The van der Waals surface area contributed by atoms with Gasteiger partial charge in [-0.15, -0.1) is 0 Å². The first-order valence-electron chi connectivity index (χ1n) is 23.5. The minimum Gasteiger partial charge on any atom is -0.311 e. The molecule has 0 radical (unpaired) electrons. The lowest BCUT2D eigenvalue weighted by Crippen LogP contribution is -2.61. The van der Waals surface area contributed by atoms with Crippen molar-refractivity contribution in [2.24, 2.45) is 0 Å². The number of aromatic nitrogens is 2. The molecule has 2 aromatic heterocycles. The van der Waals surface area contributed by atoms with Gasteiger partial charge in [0, 0.05) is 49.7 Å². The Morgan fingerprint density at radius 2 is 1.03 bits per heavy atom. The second-order valence-corrected chi connectivity index (χ2v) is 20.9. The van der Waals surface area contributed by atoms with E-state index in [0.29, 0.717) is 5.56 Å². The van der Waals surface area contributed by atoms with Crippen LogP contribution < -0.4 is 26.2 Å². The Bertz CT molecular complexity index is 3980. The molecule has 9 aromatic carbocycles. The number of nitriles is 1. The van der Waals surface area contributed by atoms with E-state index in [-0.39, 0.29) is 17.5 Å². The maximum atomic E-state index is 11.0. The van der Waals surface area contributed by atoms with E-state index in [2.05, 4.69) is 236 Å². The molecule has 0 saturated heterocycles. The molecule has 0 aliphatic carbocycles. The minimum absolute atomic E-state index is 0.00170. The van der Waals surface area contributed by atoms with Gasteiger partial charge >= 0.3 is 0 Å². The number of nitrogens with zero attached hydrogens (tertiary/aromatic N) is 5. The van der Waals surface area contributed by atoms with E-state index in [0.717, 1.165) is 45.2 Å². The Morgan fingerprint density at radius 1 is 0.433 bits per heavy atom. The van der Waals surface area contributed by atoms with Gasteiger partial charge in [-0.05, 0) is 117 Å². The first kappa shape index (κ1) is 38.3. The first-order chi connectivity index (χ1) is 32.5. The third kappa shape index (κ3) is 5.09. The van der Waals surface area contributed by atoms with Crippen LogP contribution in [0.2, 0.25) is 0 Å². The summed E-state index contributed by atoms with van der Waals surface area (Å²) in [5, 5.41) is 18.3. The third-order valence-corrected chi connectivity index (χ3v) is 15.1. The third-order valence-electron chi connectivity index (χ3n) is 15.1. The van der Waals surface area contributed by atoms with Crippen molar-refractivity contribution < 1.29 is 0 Å². The molecule has 318 valence electrons. The van der Waals surface area contributed by atoms with E-state index < -0.39 is 0 Å². The van der Waals surface area contributed by atoms with Crippen molar-refractivity contribution in [3.63, 3.8) is 0 Å². The number of benzene rings is 9. The zero-order valence-corrected chi connectivity index (χ0v) is 38.5. The van der Waals surface area contributed by atoms with E-state index in [1.54, 1.807) is 0 Å². The van der Waals surface area contributed by atoms with E-state index in [1.165, 1.54) is 82.2 Å². The van der Waals surface area contributed by atoms with Crippen LogP contribution in [0, 0.1) is 11.3 Å². The Hall–Kier alpha value is -8.01. The quantitative estimate of drug-likeness (QED) is 0.163. The number of anilines is 6. The molecule has 3 aliphatic heterocycles. The molecule has 5 heterocycles. The van der Waals surface area contributed by atoms with Gasteiger partial charge in [0.05, 0.1) is 56.4 Å². The van der Waals surface area contributed by atoms with Crippen molar-refractivity contribution in [1.82, 2.24) is 9.13 Å². The highest BCUT2D eigenvalue weighted by molar-refractivity contribution is 7.00. The average molecular weight is 860 g/mol. The molecular formula is C61H46BN5. The zero-order chi connectivity index (χ0) is 45.2. The Labute approximate surface area is 390 Å². The van der Waals surface area contributed by atoms with Gasteiger partial charge in [0.2, 0.25) is 0 Å². The van der Waals surface area contributed by atoms with E-state index >= 15 is 0 Å². The molecule has 67 heavy (non-hydrogen) atoms. The lowest BCUT2D eigenvalue weighted by Gasteiger charge is -2.46. The van der Waals surface area contributed by atoms with Crippen molar-refractivity contribution in [2.75, 3.05) is 9.80 Å². The molecule has 0 atom stereocenters. The number of rotatable bonds is 2. The predicted molar refractivity (Wildman–Crippen MR) is 282 cm³/mol. The van der Waals surface area contributed by atoms with Crippen LogP contribution in [0.25, 0.3) is 65.8 Å². The maximum Gasteiger partial charge on any atom is 0.252 e. The largest absolute Gasteiger partial charge is 0.311 e. The first-order valence-corrected chi connectivity index (χ1v) is 23.5. The fourth-order valence-corrected chi connectivity index (χ4v) is 12.0. The van der Waals surface area contributed by atoms with E-state index in [4.69, 9.17) is 0 Å². The maximum absolute atomic E-state index is 11.0. The molecule has 0 unspecified atom stereocenters. The molecule has 0 N–H and O–H groups in total. The summed E-state index contributed by atoms with van der Waals surface area (Å²) in [5.74, 6) is 0. The summed E-state index contributed by atoms with van der Waals surface area (Å²) in [4.78, 5) is 4.94. The summed E-state index contributed by atoms with van der Waals surface area (Å²) in [6, 6.07) is 65.9. The van der Waals surface area contributed by atoms with Crippen molar-refractivity contribution in [3.05, 3.63) is 187 Å². The predicted octanol–water partition coefficient (Wildman–Crippen LogP) is 13.9. The van der Waals surface area contributed by atoms with Crippen LogP contribution in [0.15, 0.2) is 170 Å². The number of hydrogen-bond acceptors (Lipinski definition) is 3. The van der Waals surface area contributed by atoms with Gasteiger partial charge in [0.1, 0.15) is 0 Å². The second kappa shape index (κ2) is 13.1. The second-order valence-electron chi connectivity index (χ2n) is 20.9. The van der Waals surface area contributed by atoms with Crippen LogP contribution in [0.3, 0.4) is 0 Å². The lowest BCUT2D eigenvalue weighted by atomic mass is 9.33. The van der Waals surface area contributed by atoms with Crippen molar-refractivity contribution >= 4 is 112 Å². The van der Waals surface area contributed by atoms with Crippen molar-refractivity contribution in [2.45, 2.75) is 52.4 Å². The highest BCUT2D eigenvalue weighted by Crippen LogP contribution is 2.53. The molecule has 5 nitrogen and oxygen atoms in total. The smallest absolute Gasteiger partial charge is 0.252 e. The zero-order valence-electron chi connectivity index (χ0n) is 38.5. The summed E-state index contributed by atoms with van der Waals surface area (Å²) in [5.41, 5.74) is 20.5. The molecule has 0 amide bonds. The molecule has 11 aromatic rings. The molecule has 3 aliphatic rings. The summed E-state index contributed by atoms with van der Waals surface area (Å²) in [6.07, 6.45) is 0. The van der Waals surface area contributed by atoms with Crippen LogP contribution in [0.1, 0.15) is 58.2 Å². The summed E-state index contributed by atoms with van der Waals surface area (Å²) < 4.78 is 4.95. The van der Waals surface area contributed by atoms with Gasteiger partial charge in [0.15, 0.2) is 0 Å². The molecule has 0 saturated carbocycles. The topological polar surface area (TPSA) is 40.1 Å². The normalized spacial score (nSPS) is 13.7. The fourth-order valence-electron chi connectivity index (χ4n) is 12.0. The van der Waals surface area contributed by atoms with Gasteiger partial charge in [0.25, 0.3) is 6.71 Å². The highest BCUT2D eigenvalue weighted by atomic mass is 15.2. The molecule has 0 spiro atoms. The summed E-state index contributed by atoms with van der Waals surface area (Å²) in [7, 11) is 0. The fraction of sp³-hybridized carbons (Fsp3) is 0.131. The number of para-hydroxylation sites is 3. The van der Waals surface area contributed by atoms with Gasteiger partial charge in [-0.25, -0.2) is 0 Å². The van der Waals surface area contributed by atoms with Gasteiger partial charge in [-0.1, -0.05) is 139 Å². The Morgan fingerprint density at radius 3 is 1.76 bits per heavy atom. The lowest BCUT2D eigenvalue weighted by molar-refractivity contribution is 0.590. The Balaban J connectivity index is 1.10. The molecule has 0 fully saturated rings. The van der Waals surface area contributed by atoms with Crippen LogP contribution in [0.4, 0.5) is 34.1 Å². The van der Waals surface area contributed by atoms with Gasteiger partial charge < -0.3 is 18.9 Å². The van der Waals surface area contributed by atoms with E-state index in [9.17, 15) is 5.26 Å². The molecule has 14 rings (SSSR count). The van der Waals surface area contributed by atoms with Crippen LogP contribution in [-0.4, -0.2) is 15.8 Å².